The molecule has 2 N–H and O–H groups in total. The highest BCUT2D eigenvalue weighted by atomic mass is 35.5. The Morgan fingerprint density at radius 3 is 3.25 bits per heavy atom. The molecule has 2 rings (SSSR count). The van der Waals surface area contributed by atoms with Crippen molar-refractivity contribution in [3.63, 3.8) is 0 Å². The molecule has 0 aromatic carbocycles. The standard InChI is InChI=1S/C8H10ClN5O2/c1-2-16-4-11-8-12-6-5(7(15)13-8)10-3-14(6)9/h3H,2,4H2,1H3,(H2,11,12,13,15). The first kappa shape index (κ1) is 10.9. The van der Waals surface area contributed by atoms with Crippen molar-refractivity contribution in [2.75, 3.05) is 18.7 Å². The molecule has 0 amide bonds. The van der Waals surface area contributed by atoms with E-state index in [0.29, 0.717) is 18.2 Å². The van der Waals surface area contributed by atoms with E-state index in [1.807, 2.05) is 6.92 Å². The van der Waals surface area contributed by atoms with Gasteiger partial charge in [-0.3, -0.25) is 9.78 Å². The summed E-state index contributed by atoms with van der Waals surface area (Å²) < 4.78 is 6.24. The molecule has 0 bridgehead atoms. The molecule has 2 aromatic heterocycles. The highest BCUT2D eigenvalue weighted by Gasteiger charge is 2.08. The SMILES string of the molecule is CCOCNc1nc2c(ncn2Cl)c(=O)[nH]1. The van der Waals surface area contributed by atoms with Gasteiger partial charge in [0.05, 0.1) is 0 Å². The number of fused-ring (bicyclic) bond motifs is 1. The monoisotopic (exact) mass is 243 g/mol. The number of imidazole rings is 1. The Balaban J connectivity index is 2.33. The van der Waals surface area contributed by atoms with Gasteiger partial charge in [0.2, 0.25) is 5.95 Å². The summed E-state index contributed by atoms with van der Waals surface area (Å²) in [6.45, 7) is 2.71. The topological polar surface area (TPSA) is 84.8 Å². The van der Waals surface area contributed by atoms with Crippen LogP contribution < -0.4 is 10.9 Å². The van der Waals surface area contributed by atoms with Gasteiger partial charge < -0.3 is 10.1 Å². The van der Waals surface area contributed by atoms with E-state index < -0.39 is 0 Å². The van der Waals surface area contributed by atoms with Gasteiger partial charge in [-0.2, -0.15) is 4.98 Å². The van der Waals surface area contributed by atoms with Gasteiger partial charge in [0.15, 0.2) is 11.2 Å². The molecule has 0 unspecified atom stereocenters. The Bertz CT molecular complexity index is 549. The maximum Gasteiger partial charge on any atom is 0.280 e. The van der Waals surface area contributed by atoms with Crippen LogP contribution in [-0.2, 0) is 4.74 Å². The molecule has 16 heavy (non-hydrogen) atoms. The normalized spacial score (nSPS) is 10.9. The first-order valence-electron chi connectivity index (χ1n) is 4.67. The zero-order chi connectivity index (χ0) is 11.5. The highest BCUT2D eigenvalue weighted by molar-refractivity contribution is 6.18. The van der Waals surface area contributed by atoms with Gasteiger partial charge >= 0.3 is 0 Å². The molecule has 0 saturated carbocycles. The quantitative estimate of drug-likeness (QED) is 0.604. The van der Waals surface area contributed by atoms with Crippen molar-refractivity contribution in [2.24, 2.45) is 0 Å². The van der Waals surface area contributed by atoms with E-state index >= 15 is 0 Å². The van der Waals surface area contributed by atoms with Crippen molar-refractivity contribution in [1.29, 1.82) is 0 Å². The molecule has 86 valence electrons. The molecule has 0 aliphatic carbocycles. The Kier molecular flexibility index (Phi) is 3.07. The largest absolute Gasteiger partial charge is 0.362 e. The van der Waals surface area contributed by atoms with Gasteiger partial charge in [0.1, 0.15) is 13.1 Å². The zero-order valence-electron chi connectivity index (χ0n) is 8.53. The fraction of sp³-hybridized carbons (Fsp3) is 0.375. The van der Waals surface area contributed by atoms with Crippen molar-refractivity contribution < 1.29 is 4.74 Å². The molecule has 2 aromatic rings. The molecule has 0 atom stereocenters. The number of aromatic nitrogens is 4. The minimum Gasteiger partial charge on any atom is -0.362 e. The van der Waals surface area contributed by atoms with Crippen molar-refractivity contribution in [3.8, 4) is 0 Å². The van der Waals surface area contributed by atoms with Crippen LogP contribution in [0, 0.1) is 0 Å². The average molecular weight is 244 g/mol. The first-order valence-corrected chi connectivity index (χ1v) is 5.01. The van der Waals surface area contributed by atoms with Crippen molar-refractivity contribution in [3.05, 3.63) is 16.7 Å². The summed E-state index contributed by atoms with van der Waals surface area (Å²) in [6.07, 6.45) is 1.32. The lowest BCUT2D eigenvalue weighted by Crippen LogP contribution is -2.15. The Hall–Kier alpha value is -1.60. The molecule has 0 saturated heterocycles. The van der Waals surface area contributed by atoms with Crippen LogP contribution in [0.4, 0.5) is 5.95 Å². The van der Waals surface area contributed by atoms with Crippen molar-refractivity contribution >= 4 is 28.9 Å². The second-order valence-corrected chi connectivity index (χ2v) is 3.32. The van der Waals surface area contributed by atoms with E-state index in [0.717, 1.165) is 4.09 Å². The number of rotatable bonds is 4. The van der Waals surface area contributed by atoms with Gasteiger partial charge in [0, 0.05) is 18.4 Å². The number of ether oxygens (including phenoxy) is 1. The number of hydrogen-bond acceptors (Lipinski definition) is 5. The summed E-state index contributed by atoms with van der Waals surface area (Å²) in [5, 5.41) is 2.81. The first-order chi connectivity index (χ1) is 7.72. The van der Waals surface area contributed by atoms with Gasteiger partial charge in [-0.25, -0.2) is 9.07 Å². The second kappa shape index (κ2) is 4.50. The van der Waals surface area contributed by atoms with Gasteiger partial charge in [0.25, 0.3) is 5.56 Å². The maximum absolute atomic E-state index is 11.5. The minimum absolute atomic E-state index is 0.206. The van der Waals surface area contributed by atoms with E-state index in [-0.39, 0.29) is 17.8 Å². The second-order valence-electron chi connectivity index (χ2n) is 2.96. The fourth-order valence-corrected chi connectivity index (χ4v) is 1.35. The Morgan fingerprint density at radius 1 is 1.69 bits per heavy atom. The van der Waals surface area contributed by atoms with Crippen LogP contribution in [0.5, 0.6) is 0 Å². The van der Waals surface area contributed by atoms with E-state index in [1.54, 1.807) is 0 Å². The van der Waals surface area contributed by atoms with E-state index in [9.17, 15) is 4.79 Å². The molecular formula is C8H10ClN5O2. The zero-order valence-corrected chi connectivity index (χ0v) is 9.28. The van der Waals surface area contributed by atoms with Crippen LogP contribution in [-0.4, -0.2) is 32.4 Å². The summed E-state index contributed by atoms with van der Waals surface area (Å²) in [7, 11) is 0. The van der Waals surface area contributed by atoms with E-state index in [2.05, 4.69) is 20.3 Å². The molecule has 0 fully saturated rings. The number of H-pyrrole nitrogens is 1. The third-order valence-electron chi connectivity index (χ3n) is 1.91. The van der Waals surface area contributed by atoms with E-state index in [1.165, 1.54) is 6.33 Å². The molecule has 0 spiro atoms. The summed E-state index contributed by atoms with van der Waals surface area (Å²) in [5.74, 6) is 0.299. The molecular weight excluding hydrogens is 234 g/mol. The average Bonchev–Trinajstić information content (AvgIpc) is 2.62. The molecule has 0 aliphatic heterocycles. The van der Waals surface area contributed by atoms with E-state index in [4.69, 9.17) is 16.5 Å². The number of nitrogens with one attached hydrogen (secondary N) is 2. The fourth-order valence-electron chi connectivity index (χ4n) is 1.19. The van der Waals surface area contributed by atoms with Crippen molar-refractivity contribution in [2.45, 2.75) is 6.92 Å². The van der Waals surface area contributed by atoms with Crippen LogP contribution in [0.25, 0.3) is 11.2 Å². The third kappa shape index (κ3) is 2.00. The minimum atomic E-state index is -0.344. The molecule has 0 radical (unpaired) electrons. The molecule has 0 aliphatic rings. The summed E-state index contributed by atoms with van der Waals surface area (Å²) >= 11 is 5.76. The lowest BCUT2D eigenvalue weighted by Gasteiger charge is -2.04. The summed E-state index contributed by atoms with van der Waals surface area (Å²) in [5.41, 5.74) is 0.171. The predicted molar refractivity (Wildman–Crippen MR) is 59.5 cm³/mol. The Morgan fingerprint density at radius 2 is 2.50 bits per heavy atom. The maximum atomic E-state index is 11.5. The smallest absolute Gasteiger partial charge is 0.280 e. The number of anilines is 1. The van der Waals surface area contributed by atoms with Gasteiger partial charge in [-0.05, 0) is 6.92 Å². The lowest BCUT2D eigenvalue weighted by atomic mass is 10.5. The number of nitrogens with zero attached hydrogens (tertiary/aromatic N) is 3. The van der Waals surface area contributed by atoms with Crippen LogP contribution in [0.15, 0.2) is 11.1 Å². The molecule has 8 heteroatoms. The number of aromatic amines is 1. The number of halogens is 1. The summed E-state index contributed by atoms with van der Waals surface area (Å²) in [6, 6.07) is 0. The summed E-state index contributed by atoms with van der Waals surface area (Å²) in [4.78, 5) is 22.0. The van der Waals surface area contributed by atoms with Crippen LogP contribution >= 0.6 is 11.8 Å². The lowest BCUT2D eigenvalue weighted by molar-refractivity contribution is 0.166. The van der Waals surface area contributed by atoms with Gasteiger partial charge in [-0.15, -0.1) is 0 Å². The van der Waals surface area contributed by atoms with Gasteiger partial charge in [-0.1, -0.05) is 0 Å². The van der Waals surface area contributed by atoms with Crippen LogP contribution in [0.2, 0.25) is 0 Å². The third-order valence-corrected chi connectivity index (χ3v) is 2.16. The predicted octanol–water partition coefficient (Wildman–Crippen LogP) is 0.527. The molecule has 2 heterocycles. The van der Waals surface area contributed by atoms with Crippen LogP contribution in [0.3, 0.4) is 0 Å². The number of hydrogen-bond donors (Lipinski definition) is 2. The Labute approximate surface area is 95.5 Å². The molecule has 7 nitrogen and oxygen atoms in total. The van der Waals surface area contributed by atoms with Crippen LogP contribution in [0.1, 0.15) is 6.92 Å². The highest BCUT2D eigenvalue weighted by Crippen LogP contribution is 2.08. The van der Waals surface area contributed by atoms with Crippen molar-refractivity contribution in [1.82, 2.24) is 19.0 Å².